The van der Waals surface area contributed by atoms with Crippen LogP contribution in [0.15, 0.2) is 24.3 Å². The van der Waals surface area contributed by atoms with Crippen molar-refractivity contribution in [1.82, 2.24) is 5.32 Å². The predicted octanol–water partition coefficient (Wildman–Crippen LogP) is 3.56. The second-order valence-electron chi connectivity index (χ2n) is 7.30. The zero-order chi connectivity index (χ0) is 17.0. The molecule has 24 heavy (non-hydrogen) atoms. The van der Waals surface area contributed by atoms with E-state index in [1.54, 1.807) is 0 Å². The van der Waals surface area contributed by atoms with Crippen molar-refractivity contribution in [2.45, 2.75) is 69.9 Å². The molecule has 1 aromatic rings. The Hall–Kier alpha value is -2.02. The Labute approximate surface area is 144 Å². The van der Waals surface area contributed by atoms with Crippen molar-refractivity contribution in [3.8, 4) is 6.07 Å². The molecule has 1 amide bonds. The second-order valence-corrected chi connectivity index (χ2v) is 7.30. The maximum atomic E-state index is 12.7. The summed E-state index contributed by atoms with van der Waals surface area (Å²) in [5.41, 5.74) is 1.82. The molecule has 1 saturated carbocycles. The summed E-state index contributed by atoms with van der Waals surface area (Å²) in [6.45, 7) is 2.51. The summed E-state index contributed by atoms with van der Waals surface area (Å²) >= 11 is 0. The molecule has 1 N–H and O–H groups in total. The van der Waals surface area contributed by atoms with E-state index in [1.165, 1.54) is 11.3 Å². The van der Waals surface area contributed by atoms with Crippen molar-refractivity contribution in [2.75, 3.05) is 11.4 Å². The van der Waals surface area contributed by atoms with E-state index >= 15 is 0 Å². The summed E-state index contributed by atoms with van der Waals surface area (Å²) in [7, 11) is 0. The van der Waals surface area contributed by atoms with Crippen LogP contribution in [-0.2, 0) is 11.2 Å². The molecular weight excluding hydrogens is 298 g/mol. The second kappa shape index (κ2) is 7.25. The van der Waals surface area contributed by atoms with Gasteiger partial charge in [0.15, 0.2) is 0 Å². The fraction of sp³-hybridized carbons (Fsp3) is 0.600. The highest BCUT2D eigenvalue weighted by Gasteiger charge is 2.33. The van der Waals surface area contributed by atoms with Gasteiger partial charge in [-0.25, -0.2) is 0 Å². The number of amides is 1. The Bertz CT molecular complexity index is 626. The van der Waals surface area contributed by atoms with E-state index in [0.29, 0.717) is 12.6 Å². The number of nitrogens with one attached hydrogen (secondary N) is 1. The van der Waals surface area contributed by atoms with Gasteiger partial charge in [0.2, 0.25) is 5.91 Å². The molecule has 0 aromatic heterocycles. The van der Waals surface area contributed by atoms with Crippen molar-refractivity contribution in [3.63, 3.8) is 0 Å². The molecule has 1 aliphatic heterocycles. The molecule has 1 fully saturated rings. The first kappa shape index (κ1) is 16.8. The molecule has 0 saturated heterocycles. The largest absolute Gasteiger partial charge is 0.359 e. The average molecular weight is 325 g/mol. The van der Waals surface area contributed by atoms with Crippen LogP contribution in [-0.4, -0.2) is 24.0 Å². The summed E-state index contributed by atoms with van der Waals surface area (Å²) in [5.74, 6) is -0.0259. The number of carbonyl (C=O) groups is 1. The van der Waals surface area contributed by atoms with Crippen LogP contribution < -0.4 is 10.2 Å². The zero-order valence-corrected chi connectivity index (χ0v) is 14.6. The molecule has 128 valence electrons. The number of nitriles is 1. The minimum Gasteiger partial charge on any atom is -0.359 e. The first-order valence-electron chi connectivity index (χ1n) is 9.20. The lowest BCUT2D eigenvalue weighted by Gasteiger charge is -2.37. The zero-order valence-electron chi connectivity index (χ0n) is 14.6. The number of anilines is 1. The van der Waals surface area contributed by atoms with Crippen molar-refractivity contribution in [3.05, 3.63) is 29.8 Å². The number of carbonyl (C=O) groups excluding carboxylic acids is 1. The molecule has 0 unspecified atom stereocenters. The quantitative estimate of drug-likeness (QED) is 0.865. The number of nitrogens with zero attached hydrogens (tertiary/aromatic N) is 2. The van der Waals surface area contributed by atoms with E-state index < -0.39 is 5.54 Å². The minimum absolute atomic E-state index is 0.0259. The van der Waals surface area contributed by atoms with Crippen LogP contribution in [0.25, 0.3) is 0 Å². The Morgan fingerprint density at radius 3 is 2.71 bits per heavy atom. The molecule has 1 atom stereocenters. The minimum atomic E-state index is -0.661. The lowest BCUT2D eigenvalue weighted by Crippen LogP contribution is -2.52. The summed E-state index contributed by atoms with van der Waals surface area (Å²) in [6, 6.07) is 11.1. The molecule has 1 heterocycles. The molecule has 1 aromatic carbocycles. The maximum absolute atomic E-state index is 12.7. The summed E-state index contributed by atoms with van der Waals surface area (Å²) in [5, 5.41) is 12.7. The van der Waals surface area contributed by atoms with Crippen LogP contribution >= 0.6 is 0 Å². The highest BCUT2D eigenvalue weighted by atomic mass is 16.2. The fourth-order valence-corrected chi connectivity index (χ4v) is 4.06. The molecule has 4 nitrogen and oxygen atoms in total. The molecule has 1 aliphatic carbocycles. The molecular formula is C20H27N3O. The molecule has 0 radical (unpaired) electrons. The normalized spacial score (nSPS) is 22.8. The van der Waals surface area contributed by atoms with E-state index in [4.69, 9.17) is 0 Å². The standard InChI is InChI=1S/C20H27N3O/c1-16-10-11-17-8-4-5-9-18(17)23(16)14-19(24)22-20(15-21)12-6-2-3-7-13-20/h4-5,8-9,16H,2-3,6-7,10-14H2,1H3,(H,22,24)/t16-/m0/s1. The van der Waals surface area contributed by atoms with Gasteiger partial charge in [-0.3, -0.25) is 4.79 Å². The van der Waals surface area contributed by atoms with E-state index in [1.807, 2.05) is 6.07 Å². The van der Waals surface area contributed by atoms with Crippen LogP contribution in [0.2, 0.25) is 0 Å². The summed E-state index contributed by atoms with van der Waals surface area (Å²) < 4.78 is 0. The highest BCUT2D eigenvalue weighted by Crippen LogP contribution is 2.31. The Balaban J connectivity index is 1.71. The Morgan fingerprint density at radius 1 is 1.29 bits per heavy atom. The van der Waals surface area contributed by atoms with Gasteiger partial charge in [0, 0.05) is 11.7 Å². The number of hydrogen-bond donors (Lipinski definition) is 1. The third-order valence-electron chi connectivity index (χ3n) is 5.53. The Morgan fingerprint density at radius 2 is 2.00 bits per heavy atom. The number of aryl methyl sites for hydroxylation is 1. The molecule has 0 spiro atoms. The van der Waals surface area contributed by atoms with Crippen LogP contribution in [0.5, 0.6) is 0 Å². The van der Waals surface area contributed by atoms with Gasteiger partial charge in [0.1, 0.15) is 5.54 Å². The first-order valence-corrected chi connectivity index (χ1v) is 9.20. The first-order chi connectivity index (χ1) is 11.6. The van der Waals surface area contributed by atoms with Crippen molar-refractivity contribution >= 4 is 11.6 Å². The van der Waals surface area contributed by atoms with Gasteiger partial charge in [0.25, 0.3) is 0 Å². The summed E-state index contributed by atoms with van der Waals surface area (Å²) in [4.78, 5) is 14.9. The van der Waals surface area contributed by atoms with Crippen molar-refractivity contribution < 1.29 is 4.79 Å². The number of para-hydroxylation sites is 1. The van der Waals surface area contributed by atoms with Gasteiger partial charge >= 0.3 is 0 Å². The van der Waals surface area contributed by atoms with Gasteiger partial charge < -0.3 is 10.2 Å². The summed E-state index contributed by atoms with van der Waals surface area (Å²) in [6.07, 6.45) is 8.06. The van der Waals surface area contributed by atoms with E-state index in [-0.39, 0.29) is 5.91 Å². The number of hydrogen-bond acceptors (Lipinski definition) is 3. The lowest BCUT2D eigenvalue weighted by atomic mass is 9.91. The van der Waals surface area contributed by atoms with Crippen LogP contribution in [0.1, 0.15) is 57.4 Å². The maximum Gasteiger partial charge on any atom is 0.240 e. The predicted molar refractivity (Wildman–Crippen MR) is 95.8 cm³/mol. The number of rotatable bonds is 3. The SMILES string of the molecule is C[C@H]1CCc2ccccc2N1CC(=O)NC1(C#N)CCCCCC1. The average Bonchev–Trinajstić information content (AvgIpc) is 2.83. The van der Waals surface area contributed by atoms with E-state index in [9.17, 15) is 10.1 Å². The van der Waals surface area contributed by atoms with Crippen molar-refractivity contribution in [1.29, 1.82) is 5.26 Å². The van der Waals surface area contributed by atoms with Crippen LogP contribution in [0.4, 0.5) is 5.69 Å². The Kier molecular flexibility index (Phi) is 5.08. The van der Waals surface area contributed by atoms with Gasteiger partial charge in [0.05, 0.1) is 12.6 Å². The molecule has 2 aliphatic rings. The monoisotopic (exact) mass is 325 g/mol. The van der Waals surface area contributed by atoms with Crippen LogP contribution in [0, 0.1) is 11.3 Å². The fourth-order valence-electron chi connectivity index (χ4n) is 4.06. The highest BCUT2D eigenvalue weighted by molar-refractivity contribution is 5.83. The van der Waals surface area contributed by atoms with Crippen molar-refractivity contribution in [2.24, 2.45) is 0 Å². The molecule has 0 bridgehead atoms. The number of benzene rings is 1. The smallest absolute Gasteiger partial charge is 0.240 e. The third kappa shape index (κ3) is 3.56. The topological polar surface area (TPSA) is 56.1 Å². The van der Waals surface area contributed by atoms with Gasteiger partial charge in [-0.15, -0.1) is 0 Å². The molecule has 3 rings (SSSR count). The van der Waals surface area contributed by atoms with E-state index in [2.05, 4.69) is 41.4 Å². The lowest BCUT2D eigenvalue weighted by molar-refractivity contribution is -0.121. The van der Waals surface area contributed by atoms with Gasteiger partial charge in [-0.1, -0.05) is 43.9 Å². The third-order valence-corrected chi connectivity index (χ3v) is 5.53. The van der Waals surface area contributed by atoms with Gasteiger partial charge in [-0.2, -0.15) is 5.26 Å². The van der Waals surface area contributed by atoms with Crippen LogP contribution in [0.3, 0.4) is 0 Å². The molecule has 4 heteroatoms. The van der Waals surface area contributed by atoms with E-state index in [0.717, 1.165) is 51.4 Å². The number of fused-ring (bicyclic) bond motifs is 1. The van der Waals surface area contributed by atoms with Gasteiger partial charge in [-0.05, 0) is 44.2 Å².